The molecule has 1 N–H and O–H groups in total. The molecule has 0 spiro atoms. The van der Waals surface area contributed by atoms with E-state index in [1.54, 1.807) is 32.4 Å². The van der Waals surface area contributed by atoms with Crippen LogP contribution in [0.4, 0.5) is 5.13 Å². The molecule has 7 heteroatoms. The Kier molecular flexibility index (Phi) is 4.72. The van der Waals surface area contributed by atoms with Crippen molar-refractivity contribution in [1.29, 1.82) is 0 Å². The molecule has 0 unspecified atom stereocenters. The fraction of sp³-hybridized carbons (Fsp3) is 0.118. The van der Waals surface area contributed by atoms with E-state index in [0.29, 0.717) is 27.2 Å². The van der Waals surface area contributed by atoms with Crippen molar-refractivity contribution in [3.63, 3.8) is 0 Å². The number of hydrogen-bond acceptors (Lipinski definition) is 6. The van der Waals surface area contributed by atoms with Crippen LogP contribution in [0.15, 0.2) is 48.5 Å². The predicted octanol–water partition coefficient (Wildman–Crippen LogP) is 3.47. The van der Waals surface area contributed by atoms with Crippen molar-refractivity contribution in [3.8, 4) is 22.1 Å². The minimum Gasteiger partial charge on any atom is -0.497 e. The molecule has 0 radical (unpaired) electrons. The van der Waals surface area contributed by atoms with E-state index < -0.39 is 0 Å². The molecule has 0 bridgehead atoms. The number of nitrogens with one attached hydrogen (secondary N) is 1. The van der Waals surface area contributed by atoms with Crippen molar-refractivity contribution in [3.05, 3.63) is 54.1 Å². The number of hydrogen-bond donors (Lipinski definition) is 1. The highest BCUT2D eigenvalue weighted by Gasteiger charge is 2.14. The number of anilines is 1. The third-order valence-electron chi connectivity index (χ3n) is 3.32. The molecule has 6 nitrogen and oxygen atoms in total. The van der Waals surface area contributed by atoms with Crippen LogP contribution in [0.1, 0.15) is 10.4 Å². The lowest BCUT2D eigenvalue weighted by atomic mass is 10.2. The monoisotopic (exact) mass is 341 g/mol. The molecule has 3 aromatic rings. The standard InChI is InChI=1S/C17H15N3O3S/c1-22-12-8-9-13(14(10-12)23-2)16-19-20-17(24-16)18-15(21)11-6-4-3-5-7-11/h3-10H,1-2H3,(H,18,20,21). The maximum atomic E-state index is 12.2. The van der Waals surface area contributed by atoms with Crippen LogP contribution in [0, 0.1) is 0 Å². The molecule has 0 fully saturated rings. The van der Waals surface area contributed by atoms with Crippen LogP contribution >= 0.6 is 11.3 Å². The number of ether oxygens (including phenoxy) is 2. The number of rotatable bonds is 5. The Morgan fingerprint density at radius 1 is 1.04 bits per heavy atom. The summed E-state index contributed by atoms with van der Waals surface area (Å²) in [5, 5.41) is 12.0. The summed E-state index contributed by atoms with van der Waals surface area (Å²) in [5.74, 6) is 1.10. The van der Waals surface area contributed by atoms with Crippen molar-refractivity contribution in [2.45, 2.75) is 0 Å². The SMILES string of the molecule is COc1ccc(-c2nnc(NC(=O)c3ccccc3)s2)c(OC)c1. The zero-order valence-electron chi connectivity index (χ0n) is 13.1. The molecule has 0 aliphatic rings. The predicted molar refractivity (Wildman–Crippen MR) is 92.8 cm³/mol. The van der Waals surface area contributed by atoms with Gasteiger partial charge in [0.2, 0.25) is 5.13 Å². The molecule has 0 saturated carbocycles. The zero-order valence-corrected chi connectivity index (χ0v) is 14.0. The molecule has 1 amide bonds. The van der Waals surface area contributed by atoms with Gasteiger partial charge in [-0.1, -0.05) is 29.5 Å². The second-order valence-corrected chi connectivity index (χ2v) is 5.78. The number of methoxy groups -OCH3 is 2. The van der Waals surface area contributed by atoms with Crippen molar-refractivity contribution >= 4 is 22.4 Å². The summed E-state index contributed by atoms with van der Waals surface area (Å²) in [6, 6.07) is 14.4. The van der Waals surface area contributed by atoms with Crippen LogP contribution < -0.4 is 14.8 Å². The molecule has 122 valence electrons. The van der Waals surface area contributed by atoms with Gasteiger partial charge in [-0.05, 0) is 24.3 Å². The Bertz CT molecular complexity index is 849. The smallest absolute Gasteiger partial charge is 0.257 e. The van der Waals surface area contributed by atoms with Gasteiger partial charge in [0.1, 0.15) is 11.5 Å². The van der Waals surface area contributed by atoms with E-state index in [2.05, 4.69) is 15.5 Å². The average Bonchev–Trinajstić information content (AvgIpc) is 3.10. The van der Waals surface area contributed by atoms with Crippen LogP contribution in [-0.2, 0) is 0 Å². The Morgan fingerprint density at radius 2 is 1.83 bits per heavy atom. The number of aromatic nitrogens is 2. The highest BCUT2D eigenvalue weighted by molar-refractivity contribution is 7.18. The average molecular weight is 341 g/mol. The molecule has 24 heavy (non-hydrogen) atoms. The largest absolute Gasteiger partial charge is 0.497 e. The Morgan fingerprint density at radius 3 is 2.54 bits per heavy atom. The molecule has 1 aromatic heterocycles. The molecule has 2 aromatic carbocycles. The second kappa shape index (κ2) is 7.10. The van der Waals surface area contributed by atoms with Gasteiger partial charge < -0.3 is 9.47 Å². The molecule has 0 aliphatic carbocycles. The molecule has 0 atom stereocenters. The van der Waals surface area contributed by atoms with E-state index >= 15 is 0 Å². The second-order valence-electron chi connectivity index (χ2n) is 4.80. The van der Waals surface area contributed by atoms with Gasteiger partial charge in [-0.2, -0.15) is 0 Å². The quantitative estimate of drug-likeness (QED) is 0.769. The number of amides is 1. The van der Waals surface area contributed by atoms with Crippen LogP contribution in [0.2, 0.25) is 0 Å². The van der Waals surface area contributed by atoms with E-state index in [4.69, 9.17) is 9.47 Å². The summed E-state index contributed by atoms with van der Waals surface area (Å²) in [6.07, 6.45) is 0. The number of nitrogens with zero attached hydrogens (tertiary/aromatic N) is 2. The summed E-state index contributed by atoms with van der Waals surface area (Å²) >= 11 is 1.28. The number of carbonyl (C=O) groups excluding carboxylic acids is 1. The lowest BCUT2D eigenvalue weighted by molar-refractivity contribution is 0.102. The summed E-state index contributed by atoms with van der Waals surface area (Å²) in [7, 11) is 3.17. The van der Waals surface area contributed by atoms with Crippen LogP contribution in [0.25, 0.3) is 10.6 Å². The summed E-state index contributed by atoms with van der Waals surface area (Å²) in [6.45, 7) is 0. The number of carbonyl (C=O) groups is 1. The first-order valence-corrected chi connectivity index (χ1v) is 7.95. The number of benzene rings is 2. The Balaban J connectivity index is 1.82. The van der Waals surface area contributed by atoms with Crippen molar-refractivity contribution in [2.75, 3.05) is 19.5 Å². The first kappa shape index (κ1) is 15.9. The minimum absolute atomic E-state index is 0.222. The highest BCUT2D eigenvalue weighted by atomic mass is 32.1. The highest BCUT2D eigenvalue weighted by Crippen LogP contribution is 2.36. The maximum Gasteiger partial charge on any atom is 0.257 e. The zero-order chi connectivity index (χ0) is 16.9. The normalized spacial score (nSPS) is 10.2. The van der Waals surface area contributed by atoms with Gasteiger partial charge in [0.25, 0.3) is 5.91 Å². The van der Waals surface area contributed by atoms with Crippen molar-refractivity contribution < 1.29 is 14.3 Å². The van der Waals surface area contributed by atoms with E-state index in [1.165, 1.54) is 11.3 Å². The first-order chi connectivity index (χ1) is 11.7. The Hall–Kier alpha value is -2.93. The maximum absolute atomic E-state index is 12.2. The molecular formula is C17H15N3O3S. The van der Waals surface area contributed by atoms with Gasteiger partial charge in [0.15, 0.2) is 5.01 Å². The lowest BCUT2D eigenvalue weighted by Gasteiger charge is -2.07. The van der Waals surface area contributed by atoms with Crippen molar-refractivity contribution in [2.24, 2.45) is 0 Å². The van der Waals surface area contributed by atoms with E-state index in [9.17, 15) is 4.79 Å². The fourth-order valence-corrected chi connectivity index (χ4v) is 2.89. The van der Waals surface area contributed by atoms with Gasteiger partial charge in [-0.3, -0.25) is 10.1 Å². The molecule has 0 aliphatic heterocycles. The van der Waals surface area contributed by atoms with E-state index in [1.807, 2.05) is 30.3 Å². The molecule has 1 heterocycles. The lowest BCUT2D eigenvalue weighted by Crippen LogP contribution is -2.11. The summed E-state index contributed by atoms with van der Waals surface area (Å²) < 4.78 is 10.6. The topological polar surface area (TPSA) is 73.3 Å². The van der Waals surface area contributed by atoms with Crippen molar-refractivity contribution in [1.82, 2.24) is 10.2 Å². The fourth-order valence-electron chi connectivity index (χ4n) is 2.12. The minimum atomic E-state index is -0.222. The molecule has 3 rings (SSSR count). The third-order valence-corrected chi connectivity index (χ3v) is 4.19. The van der Waals surface area contributed by atoms with E-state index in [0.717, 1.165) is 5.56 Å². The van der Waals surface area contributed by atoms with Gasteiger partial charge >= 0.3 is 0 Å². The summed E-state index contributed by atoms with van der Waals surface area (Å²) in [4.78, 5) is 12.2. The third kappa shape index (κ3) is 3.36. The molecule has 0 saturated heterocycles. The van der Waals surface area contributed by atoms with Gasteiger partial charge in [0, 0.05) is 11.6 Å². The van der Waals surface area contributed by atoms with Crippen LogP contribution in [-0.4, -0.2) is 30.3 Å². The van der Waals surface area contributed by atoms with Gasteiger partial charge in [0.05, 0.1) is 19.8 Å². The first-order valence-electron chi connectivity index (χ1n) is 7.13. The summed E-state index contributed by atoms with van der Waals surface area (Å²) in [5.41, 5.74) is 1.35. The van der Waals surface area contributed by atoms with Crippen LogP contribution in [0.3, 0.4) is 0 Å². The van der Waals surface area contributed by atoms with Gasteiger partial charge in [-0.25, -0.2) is 0 Å². The van der Waals surface area contributed by atoms with E-state index in [-0.39, 0.29) is 5.91 Å². The Labute approximate surface area is 143 Å². The molecular weight excluding hydrogens is 326 g/mol. The van der Waals surface area contributed by atoms with Crippen LogP contribution in [0.5, 0.6) is 11.5 Å². The van der Waals surface area contributed by atoms with Gasteiger partial charge in [-0.15, -0.1) is 10.2 Å².